The van der Waals surface area contributed by atoms with Gasteiger partial charge in [-0.15, -0.1) is 16.4 Å². The van der Waals surface area contributed by atoms with E-state index in [1.54, 1.807) is 6.92 Å². The Bertz CT molecular complexity index is 1290. The molecular formula is C18H10Cl3N5O3S3. The van der Waals surface area contributed by atoms with Gasteiger partial charge in [-0.25, -0.2) is 9.97 Å². The van der Waals surface area contributed by atoms with E-state index in [0.29, 0.717) is 25.2 Å². The molecule has 1 saturated heterocycles. The number of nitrogens with zero attached hydrogens (tertiary/aromatic N) is 4. The number of hydrogen-bond donors (Lipinski definition) is 1. The molecule has 0 bridgehead atoms. The molecule has 0 unspecified atom stereocenters. The van der Waals surface area contributed by atoms with Crippen molar-refractivity contribution in [2.75, 3.05) is 6.54 Å². The van der Waals surface area contributed by atoms with Crippen molar-refractivity contribution in [2.24, 2.45) is 0 Å². The fourth-order valence-electron chi connectivity index (χ4n) is 2.57. The number of amides is 2. The Morgan fingerprint density at radius 2 is 2.03 bits per heavy atom. The zero-order valence-corrected chi connectivity index (χ0v) is 20.6. The van der Waals surface area contributed by atoms with E-state index < -0.39 is 23.5 Å². The molecule has 2 aromatic heterocycles. The third-order valence-electron chi connectivity index (χ3n) is 4.01. The lowest BCUT2D eigenvalue weighted by Gasteiger charge is -2.12. The number of Topliss-reactive ketones (excluding diaryl/α,β-unsaturated/α-hetero) is 1. The number of rotatable bonds is 6. The summed E-state index contributed by atoms with van der Waals surface area (Å²) in [5.74, 6) is -0.410. The Labute approximate surface area is 208 Å². The van der Waals surface area contributed by atoms with Crippen LogP contribution >= 0.6 is 69.7 Å². The summed E-state index contributed by atoms with van der Waals surface area (Å²) in [7, 11) is 0. The van der Waals surface area contributed by atoms with E-state index in [1.165, 1.54) is 47.4 Å². The lowest BCUT2D eigenvalue weighted by molar-refractivity contribution is -0.122. The Balaban J connectivity index is 1.50. The molecule has 1 aliphatic heterocycles. The number of nitrogens with one attached hydrogen (secondary N) is 1. The maximum absolute atomic E-state index is 12.8. The van der Waals surface area contributed by atoms with E-state index in [-0.39, 0.29) is 20.6 Å². The fourth-order valence-corrected chi connectivity index (χ4v) is 6.19. The summed E-state index contributed by atoms with van der Waals surface area (Å²) in [5.41, 5.74) is 0.175. The van der Waals surface area contributed by atoms with Crippen molar-refractivity contribution in [1.82, 2.24) is 25.1 Å². The van der Waals surface area contributed by atoms with Crippen LogP contribution in [0, 0.1) is 6.92 Å². The molecule has 0 radical (unpaired) electrons. The average Bonchev–Trinajstić information content (AvgIpc) is 3.36. The number of aromatic amines is 1. The van der Waals surface area contributed by atoms with Crippen LogP contribution in [0.5, 0.6) is 0 Å². The van der Waals surface area contributed by atoms with Crippen molar-refractivity contribution >= 4 is 92.7 Å². The third-order valence-corrected chi connectivity index (χ3v) is 7.80. The first-order valence-corrected chi connectivity index (χ1v) is 12.3. The predicted molar refractivity (Wildman–Crippen MR) is 126 cm³/mol. The number of carbonyl (C=O) groups excluding carboxylic acids is 3. The van der Waals surface area contributed by atoms with Crippen molar-refractivity contribution in [1.29, 1.82) is 0 Å². The van der Waals surface area contributed by atoms with Crippen LogP contribution < -0.4 is 0 Å². The number of thioether (sulfide) groups is 1. The van der Waals surface area contributed by atoms with E-state index in [2.05, 4.69) is 20.2 Å². The molecule has 2 amide bonds. The molecule has 0 atom stereocenters. The second-order valence-electron chi connectivity index (χ2n) is 6.26. The molecule has 1 fully saturated rings. The second-order valence-corrected chi connectivity index (χ2v) is 10.7. The molecule has 1 aliphatic rings. The largest absolute Gasteiger partial charge is 0.293 e. The van der Waals surface area contributed by atoms with Crippen LogP contribution in [-0.4, -0.2) is 48.5 Å². The van der Waals surface area contributed by atoms with Crippen LogP contribution in [0.15, 0.2) is 32.6 Å². The monoisotopic (exact) mass is 545 g/mol. The summed E-state index contributed by atoms with van der Waals surface area (Å²) >= 11 is 21.3. The Morgan fingerprint density at radius 3 is 2.72 bits per heavy atom. The molecule has 1 aromatic carbocycles. The van der Waals surface area contributed by atoms with Crippen LogP contribution in [0.3, 0.4) is 0 Å². The first-order chi connectivity index (χ1) is 15.2. The number of benzene rings is 1. The lowest BCUT2D eigenvalue weighted by Crippen LogP contribution is -2.33. The molecule has 3 aromatic rings. The Kier molecular flexibility index (Phi) is 6.94. The van der Waals surface area contributed by atoms with Gasteiger partial charge in [0.1, 0.15) is 11.0 Å². The minimum atomic E-state index is -0.596. The standard InChI is InChI=1S/C18H10Cl3N5O3S3/c1-7-22-16(25-24-7)32-17-23-14(21)12(30-17)5-13-15(28)26(18(29)31-13)6-11(27)9-3-2-8(19)4-10(9)20/h2-5H,6H2,1H3,(H,22,24,25)/b13-5-. The lowest BCUT2D eigenvalue weighted by atomic mass is 10.1. The third kappa shape index (κ3) is 5.03. The van der Waals surface area contributed by atoms with Gasteiger partial charge in [0.05, 0.1) is 21.3 Å². The quantitative estimate of drug-likeness (QED) is 0.314. The SMILES string of the molecule is Cc1nc(Sc2nc(Cl)c(/C=C3\SC(=O)N(CC(=O)c4ccc(Cl)cc4Cl)C3=O)s2)n[nH]1. The van der Waals surface area contributed by atoms with Gasteiger partial charge in [-0.3, -0.25) is 24.4 Å². The smallest absolute Gasteiger partial charge is 0.292 e. The van der Waals surface area contributed by atoms with Crippen LogP contribution in [0.4, 0.5) is 4.79 Å². The predicted octanol–water partition coefficient (Wildman–Crippen LogP) is 5.60. The van der Waals surface area contributed by atoms with E-state index in [4.69, 9.17) is 34.8 Å². The zero-order chi connectivity index (χ0) is 23.0. The average molecular weight is 547 g/mol. The molecular weight excluding hydrogens is 537 g/mol. The van der Waals surface area contributed by atoms with Crippen LogP contribution in [-0.2, 0) is 4.79 Å². The van der Waals surface area contributed by atoms with E-state index in [9.17, 15) is 14.4 Å². The van der Waals surface area contributed by atoms with E-state index in [1.807, 2.05) is 0 Å². The molecule has 8 nitrogen and oxygen atoms in total. The van der Waals surface area contributed by atoms with E-state index in [0.717, 1.165) is 16.7 Å². The number of carbonyl (C=O) groups is 3. The van der Waals surface area contributed by atoms with Crippen molar-refractivity contribution in [3.05, 3.63) is 54.6 Å². The number of aromatic nitrogens is 4. The van der Waals surface area contributed by atoms with Gasteiger partial charge in [0.2, 0.25) is 5.16 Å². The van der Waals surface area contributed by atoms with Gasteiger partial charge in [0.25, 0.3) is 11.1 Å². The van der Waals surface area contributed by atoms with Crippen molar-refractivity contribution in [3.63, 3.8) is 0 Å². The highest BCUT2D eigenvalue weighted by molar-refractivity contribution is 8.18. The first kappa shape index (κ1) is 23.3. The molecule has 1 N–H and O–H groups in total. The number of imide groups is 1. The molecule has 0 aliphatic carbocycles. The summed E-state index contributed by atoms with van der Waals surface area (Å²) < 4.78 is 0.576. The highest BCUT2D eigenvalue weighted by atomic mass is 35.5. The normalized spacial score (nSPS) is 15.2. The van der Waals surface area contributed by atoms with Gasteiger partial charge < -0.3 is 0 Å². The van der Waals surface area contributed by atoms with Crippen LogP contribution in [0.1, 0.15) is 21.1 Å². The van der Waals surface area contributed by atoms with Crippen molar-refractivity contribution < 1.29 is 14.4 Å². The van der Waals surface area contributed by atoms with Crippen molar-refractivity contribution in [2.45, 2.75) is 16.4 Å². The number of hydrogen-bond acceptors (Lipinski definition) is 9. The summed E-state index contributed by atoms with van der Waals surface area (Å²) in [4.78, 5) is 47.6. The molecule has 164 valence electrons. The number of H-pyrrole nitrogens is 1. The number of ketones is 1. The molecule has 0 saturated carbocycles. The van der Waals surface area contributed by atoms with Gasteiger partial charge >= 0.3 is 0 Å². The highest BCUT2D eigenvalue weighted by Crippen LogP contribution is 2.38. The molecule has 32 heavy (non-hydrogen) atoms. The summed E-state index contributed by atoms with van der Waals surface area (Å²) in [6.07, 6.45) is 1.48. The Hall–Kier alpha value is -1.89. The van der Waals surface area contributed by atoms with Crippen LogP contribution in [0.2, 0.25) is 15.2 Å². The van der Waals surface area contributed by atoms with E-state index >= 15 is 0 Å². The summed E-state index contributed by atoms with van der Waals surface area (Å²) in [6.45, 7) is 1.34. The minimum Gasteiger partial charge on any atom is -0.292 e. The van der Waals surface area contributed by atoms with Gasteiger partial charge in [-0.2, -0.15) is 0 Å². The van der Waals surface area contributed by atoms with Gasteiger partial charge in [0.15, 0.2) is 10.1 Å². The number of aryl methyl sites for hydroxylation is 1. The molecule has 14 heteroatoms. The summed E-state index contributed by atoms with van der Waals surface area (Å²) in [5, 5.41) is 7.38. The first-order valence-electron chi connectivity index (χ1n) is 8.68. The molecule has 4 rings (SSSR count). The molecule has 3 heterocycles. The van der Waals surface area contributed by atoms with Crippen LogP contribution in [0.25, 0.3) is 6.08 Å². The van der Waals surface area contributed by atoms with Gasteiger partial charge in [-0.1, -0.05) is 34.8 Å². The van der Waals surface area contributed by atoms with Gasteiger partial charge in [-0.05, 0) is 54.7 Å². The zero-order valence-electron chi connectivity index (χ0n) is 15.9. The second kappa shape index (κ2) is 9.54. The Morgan fingerprint density at radius 1 is 1.25 bits per heavy atom. The molecule has 0 spiro atoms. The number of thiazole rings is 1. The topological polar surface area (TPSA) is 109 Å². The minimum absolute atomic E-state index is 0.140. The summed E-state index contributed by atoms with van der Waals surface area (Å²) in [6, 6.07) is 4.38. The maximum atomic E-state index is 12.8. The fraction of sp³-hybridized carbons (Fsp3) is 0.111. The number of halogens is 3. The van der Waals surface area contributed by atoms with Crippen molar-refractivity contribution in [3.8, 4) is 0 Å². The van der Waals surface area contributed by atoms with Gasteiger partial charge in [0, 0.05) is 10.6 Å². The maximum Gasteiger partial charge on any atom is 0.293 e. The highest BCUT2D eigenvalue weighted by Gasteiger charge is 2.37.